The fourth-order valence-electron chi connectivity index (χ4n) is 3.62. The molecule has 104 valence electrons. The van der Waals surface area contributed by atoms with Crippen molar-refractivity contribution in [2.75, 3.05) is 13.1 Å². The lowest BCUT2D eigenvalue weighted by Crippen LogP contribution is -2.21. The van der Waals surface area contributed by atoms with Gasteiger partial charge in [-0.15, -0.1) is 11.3 Å². The quantitative estimate of drug-likeness (QED) is 0.667. The molecule has 1 saturated heterocycles. The fourth-order valence-corrected chi connectivity index (χ4v) is 6.26. The minimum Gasteiger partial charge on any atom is -0.298 e. The maximum absolute atomic E-state index is 3.73. The summed E-state index contributed by atoms with van der Waals surface area (Å²) in [6, 6.07) is 10.8. The van der Waals surface area contributed by atoms with E-state index in [1.54, 1.807) is 10.4 Å². The van der Waals surface area contributed by atoms with Crippen LogP contribution in [0.15, 0.2) is 38.6 Å². The lowest BCUT2D eigenvalue weighted by atomic mass is 10.0. The normalized spacial score (nSPS) is 24.9. The minimum absolute atomic E-state index is 0.751. The molecule has 2 aromatic rings. The molecular weight excluding hydrogens is 398 g/mol. The van der Waals surface area contributed by atoms with Gasteiger partial charge in [0.25, 0.3) is 0 Å². The third-order valence-corrected chi connectivity index (χ3v) is 8.21. The van der Waals surface area contributed by atoms with Gasteiger partial charge in [-0.1, -0.05) is 30.3 Å². The van der Waals surface area contributed by atoms with Crippen LogP contribution in [0.3, 0.4) is 0 Å². The SMILES string of the molecule is Brc1sc2c(c1Br)CC1CN(Cc3ccccc3)CC21. The summed E-state index contributed by atoms with van der Waals surface area (Å²) in [5, 5.41) is 0. The molecule has 2 unspecified atom stereocenters. The molecule has 0 N–H and O–H groups in total. The summed E-state index contributed by atoms with van der Waals surface area (Å²) < 4.78 is 2.57. The largest absolute Gasteiger partial charge is 0.298 e. The molecule has 2 atom stereocenters. The van der Waals surface area contributed by atoms with Crippen LogP contribution >= 0.6 is 43.2 Å². The Morgan fingerprint density at radius 1 is 1.15 bits per heavy atom. The molecule has 2 aliphatic rings. The third-order valence-electron chi connectivity index (χ3n) is 4.50. The first-order chi connectivity index (χ1) is 9.72. The molecule has 20 heavy (non-hydrogen) atoms. The molecule has 4 rings (SSSR count). The molecule has 0 radical (unpaired) electrons. The zero-order valence-electron chi connectivity index (χ0n) is 11.0. The molecule has 0 saturated carbocycles. The Morgan fingerprint density at radius 3 is 2.75 bits per heavy atom. The molecule has 2 heterocycles. The van der Waals surface area contributed by atoms with Crippen molar-refractivity contribution in [2.45, 2.75) is 18.9 Å². The van der Waals surface area contributed by atoms with Gasteiger partial charge in [0, 0.05) is 34.9 Å². The number of thiophene rings is 1. The highest BCUT2D eigenvalue weighted by atomic mass is 79.9. The number of rotatable bonds is 2. The molecule has 1 fully saturated rings. The van der Waals surface area contributed by atoms with Gasteiger partial charge in [-0.25, -0.2) is 0 Å². The highest BCUT2D eigenvalue weighted by molar-refractivity contribution is 9.13. The summed E-state index contributed by atoms with van der Waals surface area (Å²) in [6.45, 7) is 3.55. The van der Waals surface area contributed by atoms with Crippen molar-refractivity contribution in [1.29, 1.82) is 0 Å². The Balaban J connectivity index is 1.52. The first-order valence-electron chi connectivity index (χ1n) is 6.95. The van der Waals surface area contributed by atoms with Gasteiger partial charge < -0.3 is 0 Å². The van der Waals surface area contributed by atoms with Gasteiger partial charge in [0.15, 0.2) is 0 Å². The van der Waals surface area contributed by atoms with E-state index in [1.807, 2.05) is 11.3 Å². The molecule has 0 spiro atoms. The monoisotopic (exact) mass is 411 g/mol. The van der Waals surface area contributed by atoms with Crippen LogP contribution < -0.4 is 0 Å². The van der Waals surface area contributed by atoms with Crippen molar-refractivity contribution >= 4 is 43.2 Å². The van der Waals surface area contributed by atoms with E-state index in [4.69, 9.17) is 0 Å². The second-order valence-electron chi connectivity index (χ2n) is 5.78. The summed E-state index contributed by atoms with van der Waals surface area (Å²) >= 11 is 9.33. The molecule has 0 bridgehead atoms. The standard InChI is InChI=1S/C16H15Br2NS/c17-14-12-6-11-8-19(7-10-4-2-1-3-5-10)9-13(11)15(12)20-16(14)18/h1-5,11,13H,6-9H2. The van der Waals surface area contributed by atoms with Gasteiger partial charge in [-0.3, -0.25) is 4.90 Å². The van der Waals surface area contributed by atoms with Crippen LogP contribution in [0.5, 0.6) is 0 Å². The Labute approximate surface area is 140 Å². The van der Waals surface area contributed by atoms with Crippen molar-refractivity contribution in [3.05, 3.63) is 54.6 Å². The summed E-state index contributed by atoms with van der Waals surface area (Å²) in [5.41, 5.74) is 3.00. The molecule has 4 heteroatoms. The summed E-state index contributed by atoms with van der Waals surface area (Å²) in [5.74, 6) is 1.57. The Hall–Kier alpha value is -0.160. The molecule has 1 aliphatic heterocycles. The van der Waals surface area contributed by atoms with Crippen LogP contribution in [0.2, 0.25) is 0 Å². The zero-order valence-corrected chi connectivity index (χ0v) is 15.0. The maximum Gasteiger partial charge on any atom is 0.0846 e. The third kappa shape index (κ3) is 2.21. The van der Waals surface area contributed by atoms with E-state index in [9.17, 15) is 0 Å². The van der Waals surface area contributed by atoms with Crippen LogP contribution in [0.1, 0.15) is 21.9 Å². The molecule has 1 aliphatic carbocycles. The van der Waals surface area contributed by atoms with Crippen molar-refractivity contribution in [1.82, 2.24) is 4.90 Å². The van der Waals surface area contributed by atoms with Crippen LogP contribution in [-0.4, -0.2) is 18.0 Å². The Morgan fingerprint density at radius 2 is 1.95 bits per heavy atom. The second kappa shape index (κ2) is 5.24. The van der Waals surface area contributed by atoms with Gasteiger partial charge in [0.05, 0.1) is 3.79 Å². The molecule has 0 amide bonds. The van der Waals surface area contributed by atoms with E-state index in [-0.39, 0.29) is 0 Å². The predicted molar refractivity (Wildman–Crippen MR) is 91.4 cm³/mol. The van der Waals surface area contributed by atoms with Crippen molar-refractivity contribution < 1.29 is 0 Å². The van der Waals surface area contributed by atoms with E-state index in [0.717, 1.165) is 18.4 Å². The number of fused-ring (bicyclic) bond motifs is 3. The van der Waals surface area contributed by atoms with Gasteiger partial charge in [0.2, 0.25) is 0 Å². The molecule has 1 aromatic heterocycles. The van der Waals surface area contributed by atoms with E-state index < -0.39 is 0 Å². The Bertz CT molecular complexity index is 637. The summed E-state index contributed by atoms with van der Waals surface area (Å²) in [7, 11) is 0. The number of benzene rings is 1. The number of nitrogens with zero attached hydrogens (tertiary/aromatic N) is 1. The van der Waals surface area contributed by atoms with Gasteiger partial charge in [0.1, 0.15) is 0 Å². The molecular formula is C16H15Br2NS. The van der Waals surface area contributed by atoms with Crippen molar-refractivity contribution in [3.8, 4) is 0 Å². The molecule has 1 nitrogen and oxygen atoms in total. The first kappa shape index (κ1) is 13.5. The molecule has 1 aromatic carbocycles. The average Bonchev–Trinajstić information content (AvgIpc) is 3.05. The van der Waals surface area contributed by atoms with Crippen LogP contribution in [0, 0.1) is 5.92 Å². The summed E-state index contributed by atoms with van der Waals surface area (Å²) in [6.07, 6.45) is 1.24. The predicted octanol–water partition coefficient (Wildman–Crippen LogP) is 5.04. The van der Waals surface area contributed by atoms with E-state index in [2.05, 4.69) is 67.1 Å². The maximum atomic E-state index is 3.73. The lowest BCUT2D eigenvalue weighted by Gasteiger charge is -2.16. The number of hydrogen-bond donors (Lipinski definition) is 0. The smallest absolute Gasteiger partial charge is 0.0846 e. The topological polar surface area (TPSA) is 3.24 Å². The number of likely N-dealkylation sites (tertiary alicyclic amines) is 1. The average molecular weight is 413 g/mol. The van der Waals surface area contributed by atoms with Gasteiger partial charge in [-0.05, 0) is 55.3 Å². The van der Waals surface area contributed by atoms with Crippen molar-refractivity contribution in [2.24, 2.45) is 5.92 Å². The van der Waals surface area contributed by atoms with Crippen LogP contribution in [-0.2, 0) is 13.0 Å². The number of hydrogen-bond acceptors (Lipinski definition) is 2. The van der Waals surface area contributed by atoms with E-state index >= 15 is 0 Å². The van der Waals surface area contributed by atoms with Crippen LogP contribution in [0.25, 0.3) is 0 Å². The van der Waals surface area contributed by atoms with Gasteiger partial charge in [-0.2, -0.15) is 0 Å². The number of halogens is 2. The van der Waals surface area contributed by atoms with Crippen LogP contribution in [0.4, 0.5) is 0 Å². The van der Waals surface area contributed by atoms with Crippen molar-refractivity contribution in [3.63, 3.8) is 0 Å². The van der Waals surface area contributed by atoms with E-state index in [0.29, 0.717) is 0 Å². The zero-order chi connectivity index (χ0) is 13.7. The minimum atomic E-state index is 0.751. The highest BCUT2D eigenvalue weighted by Gasteiger charge is 2.42. The van der Waals surface area contributed by atoms with Gasteiger partial charge >= 0.3 is 0 Å². The second-order valence-corrected chi connectivity index (χ2v) is 8.95. The lowest BCUT2D eigenvalue weighted by molar-refractivity contribution is 0.314. The fraction of sp³-hybridized carbons (Fsp3) is 0.375. The highest BCUT2D eigenvalue weighted by Crippen LogP contribution is 2.52. The first-order valence-corrected chi connectivity index (χ1v) is 9.35. The summed E-state index contributed by atoms with van der Waals surface area (Å²) in [4.78, 5) is 4.24. The van der Waals surface area contributed by atoms with E-state index in [1.165, 1.54) is 33.3 Å². The Kier molecular flexibility index (Phi) is 3.53.